The van der Waals surface area contributed by atoms with Gasteiger partial charge in [0, 0.05) is 18.7 Å². The summed E-state index contributed by atoms with van der Waals surface area (Å²) < 4.78 is 0. The Kier molecular flexibility index (Phi) is 7.29. The van der Waals surface area contributed by atoms with Crippen LogP contribution in [0.2, 0.25) is 0 Å². The first-order valence-electron chi connectivity index (χ1n) is 5.52. The zero-order valence-corrected chi connectivity index (χ0v) is 9.51. The zero-order valence-electron chi connectivity index (χ0n) is 9.51. The Morgan fingerprint density at radius 3 is 2.23 bits per heavy atom. The van der Waals surface area contributed by atoms with Crippen molar-refractivity contribution in [3.63, 3.8) is 0 Å². The second-order valence-corrected chi connectivity index (χ2v) is 4.01. The molecule has 0 aliphatic rings. The number of aliphatic hydroxyl groups is 1. The number of hydrogen-bond acceptors (Lipinski definition) is 2. The Morgan fingerprint density at radius 2 is 1.85 bits per heavy atom. The van der Waals surface area contributed by atoms with Gasteiger partial charge in [0.2, 0.25) is 0 Å². The molecule has 0 heterocycles. The standard InChI is InChI=1S/C11H25NO/c1-5-7-11(6-2)12-10(4)9(3)8-13/h9-13H,5-8H2,1-4H3. The molecule has 0 aromatic heterocycles. The highest BCUT2D eigenvalue weighted by molar-refractivity contribution is 4.73. The van der Waals surface area contributed by atoms with Crippen molar-refractivity contribution in [2.75, 3.05) is 6.61 Å². The lowest BCUT2D eigenvalue weighted by molar-refractivity contribution is 0.198. The average Bonchev–Trinajstić information content (AvgIpc) is 2.15. The number of rotatable bonds is 7. The van der Waals surface area contributed by atoms with Crippen LogP contribution in [0.1, 0.15) is 47.0 Å². The van der Waals surface area contributed by atoms with Crippen molar-refractivity contribution in [2.24, 2.45) is 5.92 Å². The predicted octanol–water partition coefficient (Wildman–Crippen LogP) is 2.17. The van der Waals surface area contributed by atoms with E-state index in [0.717, 1.165) is 0 Å². The van der Waals surface area contributed by atoms with E-state index >= 15 is 0 Å². The van der Waals surface area contributed by atoms with Gasteiger partial charge in [-0.15, -0.1) is 0 Å². The van der Waals surface area contributed by atoms with E-state index in [0.29, 0.717) is 18.0 Å². The largest absolute Gasteiger partial charge is 0.396 e. The van der Waals surface area contributed by atoms with Gasteiger partial charge in [-0.05, 0) is 25.7 Å². The Morgan fingerprint density at radius 1 is 1.23 bits per heavy atom. The normalized spacial score (nSPS) is 18.2. The maximum Gasteiger partial charge on any atom is 0.0471 e. The quantitative estimate of drug-likeness (QED) is 0.640. The van der Waals surface area contributed by atoms with Crippen LogP contribution >= 0.6 is 0 Å². The summed E-state index contributed by atoms with van der Waals surface area (Å²) in [7, 11) is 0. The molecule has 0 amide bonds. The molecule has 0 fully saturated rings. The van der Waals surface area contributed by atoms with E-state index in [1.54, 1.807) is 0 Å². The zero-order chi connectivity index (χ0) is 10.3. The summed E-state index contributed by atoms with van der Waals surface area (Å²) in [6.07, 6.45) is 3.64. The fourth-order valence-electron chi connectivity index (χ4n) is 1.45. The summed E-state index contributed by atoms with van der Waals surface area (Å²) in [5.41, 5.74) is 0. The topological polar surface area (TPSA) is 32.3 Å². The first kappa shape index (κ1) is 12.9. The molecule has 2 nitrogen and oxygen atoms in total. The Hall–Kier alpha value is -0.0800. The molecule has 0 rings (SSSR count). The highest BCUT2D eigenvalue weighted by Crippen LogP contribution is 2.07. The minimum atomic E-state index is 0.275. The SMILES string of the molecule is CCCC(CC)NC(C)C(C)CO. The van der Waals surface area contributed by atoms with Gasteiger partial charge in [0.05, 0.1) is 0 Å². The molecule has 0 saturated carbocycles. The van der Waals surface area contributed by atoms with Crippen molar-refractivity contribution >= 4 is 0 Å². The monoisotopic (exact) mass is 187 g/mol. The molecule has 0 aliphatic carbocycles. The van der Waals surface area contributed by atoms with Gasteiger partial charge in [-0.3, -0.25) is 0 Å². The number of aliphatic hydroxyl groups excluding tert-OH is 1. The fourth-order valence-corrected chi connectivity index (χ4v) is 1.45. The van der Waals surface area contributed by atoms with E-state index in [2.05, 4.69) is 33.0 Å². The molecule has 0 aromatic carbocycles. The summed E-state index contributed by atoms with van der Waals surface area (Å²) in [5, 5.41) is 12.5. The molecular formula is C11H25NO. The third-order valence-corrected chi connectivity index (χ3v) is 2.77. The summed E-state index contributed by atoms with van der Waals surface area (Å²) in [4.78, 5) is 0. The van der Waals surface area contributed by atoms with Crippen LogP contribution in [-0.2, 0) is 0 Å². The molecular weight excluding hydrogens is 162 g/mol. The van der Waals surface area contributed by atoms with E-state index in [1.807, 2.05) is 0 Å². The van der Waals surface area contributed by atoms with Gasteiger partial charge in [0.25, 0.3) is 0 Å². The fraction of sp³-hybridized carbons (Fsp3) is 1.00. The van der Waals surface area contributed by atoms with Gasteiger partial charge in [0.15, 0.2) is 0 Å². The van der Waals surface area contributed by atoms with Crippen LogP contribution in [0.4, 0.5) is 0 Å². The van der Waals surface area contributed by atoms with Gasteiger partial charge in [-0.1, -0.05) is 27.2 Å². The lowest BCUT2D eigenvalue weighted by Gasteiger charge is -2.25. The van der Waals surface area contributed by atoms with Crippen LogP contribution in [0.25, 0.3) is 0 Å². The summed E-state index contributed by atoms with van der Waals surface area (Å²) in [6, 6.07) is 1.04. The van der Waals surface area contributed by atoms with E-state index in [9.17, 15) is 0 Å². The van der Waals surface area contributed by atoms with Crippen LogP contribution < -0.4 is 5.32 Å². The second kappa shape index (κ2) is 7.34. The predicted molar refractivity (Wildman–Crippen MR) is 57.8 cm³/mol. The third-order valence-electron chi connectivity index (χ3n) is 2.77. The van der Waals surface area contributed by atoms with E-state index in [4.69, 9.17) is 5.11 Å². The van der Waals surface area contributed by atoms with E-state index < -0.39 is 0 Å². The van der Waals surface area contributed by atoms with Gasteiger partial charge in [-0.2, -0.15) is 0 Å². The molecule has 2 heteroatoms. The Labute approximate surface area is 82.7 Å². The summed E-state index contributed by atoms with van der Waals surface area (Å²) >= 11 is 0. The van der Waals surface area contributed by atoms with Crippen LogP contribution in [0.15, 0.2) is 0 Å². The third kappa shape index (κ3) is 5.27. The van der Waals surface area contributed by atoms with Crippen LogP contribution in [-0.4, -0.2) is 23.8 Å². The van der Waals surface area contributed by atoms with Crippen LogP contribution in [0.5, 0.6) is 0 Å². The Bertz CT molecular complexity index is 117. The molecule has 0 radical (unpaired) electrons. The molecule has 3 atom stereocenters. The maximum absolute atomic E-state index is 8.98. The van der Waals surface area contributed by atoms with Crippen molar-refractivity contribution in [3.05, 3.63) is 0 Å². The van der Waals surface area contributed by atoms with Crippen molar-refractivity contribution in [2.45, 2.75) is 59.0 Å². The van der Waals surface area contributed by atoms with Crippen molar-refractivity contribution in [1.29, 1.82) is 0 Å². The Balaban J connectivity index is 3.78. The van der Waals surface area contributed by atoms with Gasteiger partial charge >= 0.3 is 0 Å². The first-order valence-corrected chi connectivity index (χ1v) is 5.52. The minimum absolute atomic E-state index is 0.275. The molecule has 0 bridgehead atoms. The molecule has 0 aromatic rings. The maximum atomic E-state index is 8.98. The lowest BCUT2D eigenvalue weighted by Crippen LogP contribution is -2.40. The molecule has 13 heavy (non-hydrogen) atoms. The summed E-state index contributed by atoms with van der Waals surface area (Å²) in [6.45, 7) is 8.93. The first-order chi connectivity index (χ1) is 6.15. The lowest BCUT2D eigenvalue weighted by atomic mass is 10.0. The number of nitrogens with one attached hydrogen (secondary N) is 1. The van der Waals surface area contributed by atoms with Gasteiger partial charge in [0.1, 0.15) is 0 Å². The molecule has 2 N–H and O–H groups in total. The van der Waals surface area contributed by atoms with Crippen LogP contribution in [0.3, 0.4) is 0 Å². The van der Waals surface area contributed by atoms with Crippen molar-refractivity contribution in [1.82, 2.24) is 5.32 Å². The number of hydrogen-bond donors (Lipinski definition) is 2. The van der Waals surface area contributed by atoms with Crippen molar-refractivity contribution < 1.29 is 5.11 Å². The minimum Gasteiger partial charge on any atom is -0.396 e. The second-order valence-electron chi connectivity index (χ2n) is 4.01. The average molecular weight is 187 g/mol. The molecule has 0 aliphatic heterocycles. The summed E-state index contributed by atoms with van der Waals surface area (Å²) in [5.74, 6) is 0.353. The van der Waals surface area contributed by atoms with Crippen molar-refractivity contribution in [3.8, 4) is 0 Å². The van der Waals surface area contributed by atoms with E-state index in [-0.39, 0.29) is 6.61 Å². The molecule has 3 unspecified atom stereocenters. The van der Waals surface area contributed by atoms with Gasteiger partial charge in [-0.25, -0.2) is 0 Å². The molecule has 0 spiro atoms. The molecule has 0 saturated heterocycles. The van der Waals surface area contributed by atoms with Gasteiger partial charge < -0.3 is 10.4 Å². The van der Waals surface area contributed by atoms with E-state index in [1.165, 1.54) is 19.3 Å². The highest BCUT2D eigenvalue weighted by atomic mass is 16.3. The molecule has 80 valence electrons. The smallest absolute Gasteiger partial charge is 0.0471 e. The van der Waals surface area contributed by atoms with Crippen LogP contribution in [0, 0.1) is 5.92 Å². The highest BCUT2D eigenvalue weighted by Gasteiger charge is 2.14.